The third-order valence-corrected chi connectivity index (χ3v) is 6.02. The fraction of sp³-hybridized carbons (Fsp3) is 0.278. The molecule has 1 aromatic heterocycles. The van der Waals surface area contributed by atoms with Crippen LogP contribution in [0.25, 0.3) is 5.57 Å². The quantitative estimate of drug-likeness (QED) is 0.929. The second-order valence-corrected chi connectivity index (χ2v) is 8.14. The molecule has 2 aromatic rings. The third kappa shape index (κ3) is 2.46. The lowest BCUT2D eigenvalue weighted by Gasteiger charge is -2.24. The van der Waals surface area contributed by atoms with Crippen molar-refractivity contribution in [1.82, 2.24) is 4.98 Å². The molecule has 4 nitrogen and oxygen atoms in total. The lowest BCUT2D eigenvalue weighted by Crippen LogP contribution is -2.17. The van der Waals surface area contributed by atoms with E-state index in [2.05, 4.69) is 4.98 Å². The molecule has 0 amide bonds. The monoisotopic (exact) mass is 344 g/mol. The van der Waals surface area contributed by atoms with Crippen LogP contribution >= 0.6 is 0 Å². The van der Waals surface area contributed by atoms with Crippen molar-refractivity contribution in [2.45, 2.75) is 30.1 Å². The van der Waals surface area contributed by atoms with Gasteiger partial charge in [0.15, 0.2) is 0 Å². The summed E-state index contributed by atoms with van der Waals surface area (Å²) in [4.78, 5) is 4.32. The average molecular weight is 344 g/mol. The van der Waals surface area contributed by atoms with E-state index in [0.29, 0.717) is 5.69 Å². The van der Waals surface area contributed by atoms with Crippen LogP contribution in [0, 0.1) is 11.2 Å². The summed E-state index contributed by atoms with van der Waals surface area (Å²) >= 11 is 0. The molecule has 1 atom stereocenters. The van der Waals surface area contributed by atoms with Gasteiger partial charge in [0.2, 0.25) is 10.0 Å². The maximum Gasteiger partial charge on any atom is 0.240 e. The first-order valence-electron chi connectivity index (χ1n) is 7.84. The van der Waals surface area contributed by atoms with Crippen LogP contribution in [0.4, 0.5) is 4.39 Å². The van der Waals surface area contributed by atoms with Crippen molar-refractivity contribution >= 4 is 15.6 Å². The molecule has 1 saturated carbocycles. The summed E-state index contributed by atoms with van der Waals surface area (Å²) in [5, 5.41) is 5.36. The zero-order valence-electron chi connectivity index (χ0n) is 12.9. The molecule has 0 bridgehead atoms. The summed E-state index contributed by atoms with van der Waals surface area (Å²) in [6.45, 7) is 0. The molecule has 24 heavy (non-hydrogen) atoms. The van der Waals surface area contributed by atoms with Gasteiger partial charge in [-0.25, -0.2) is 17.9 Å². The van der Waals surface area contributed by atoms with Gasteiger partial charge in [0, 0.05) is 12.1 Å². The Morgan fingerprint density at radius 2 is 2.00 bits per heavy atom. The minimum absolute atomic E-state index is 0.0235. The fourth-order valence-electron chi connectivity index (χ4n) is 3.82. The van der Waals surface area contributed by atoms with Gasteiger partial charge < -0.3 is 0 Å². The smallest absolute Gasteiger partial charge is 0.240 e. The number of primary sulfonamides is 1. The molecule has 124 valence electrons. The first-order valence-corrected chi connectivity index (χ1v) is 9.39. The van der Waals surface area contributed by atoms with Crippen molar-refractivity contribution in [1.29, 1.82) is 0 Å². The first kappa shape index (κ1) is 15.5. The molecule has 1 heterocycles. The summed E-state index contributed by atoms with van der Waals surface area (Å²) in [5.74, 6) is -0.342. The van der Waals surface area contributed by atoms with E-state index in [1.165, 1.54) is 18.2 Å². The van der Waals surface area contributed by atoms with Gasteiger partial charge in [-0.05, 0) is 60.1 Å². The predicted octanol–water partition coefficient (Wildman–Crippen LogP) is 3.22. The first-order chi connectivity index (χ1) is 11.4. The molecule has 2 aliphatic carbocycles. The second-order valence-electron chi connectivity index (χ2n) is 6.61. The van der Waals surface area contributed by atoms with Gasteiger partial charge in [-0.3, -0.25) is 4.98 Å². The number of benzene rings is 1. The average Bonchev–Trinajstić information content (AvgIpc) is 3.20. The molecule has 6 heteroatoms. The van der Waals surface area contributed by atoms with Crippen LogP contribution in [0.2, 0.25) is 0 Å². The molecular formula is C18H17FN2O2S. The number of hydrogen-bond donors (Lipinski definition) is 1. The van der Waals surface area contributed by atoms with Crippen molar-refractivity contribution in [3.8, 4) is 0 Å². The Balaban J connectivity index is 1.87. The van der Waals surface area contributed by atoms with Gasteiger partial charge in [-0.1, -0.05) is 18.2 Å². The maximum absolute atomic E-state index is 13.7. The zero-order chi connectivity index (χ0) is 16.9. The van der Waals surface area contributed by atoms with Crippen molar-refractivity contribution in [2.75, 3.05) is 0 Å². The molecular weight excluding hydrogens is 327 g/mol. The number of hydrogen-bond acceptors (Lipinski definition) is 3. The van der Waals surface area contributed by atoms with Crippen LogP contribution < -0.4 is 5.14 Å². The lowest BCUT2D eigenvalue weighted by atomic mass is 9.81. The standard InChI is InChI=1S/C18H17FN2O2S/c19-13-4-1-3-12(11-13)16-14(6-7-18(16)8-9-18)17-15(24(20,22)23)5-2-10-21-17/h1-6,10-11,16H,7-9H2,(H2,20,22,23). The Morgan fingerprint density at radius 3 is 2.67 bits per heavy atom. The molecule has 2 aliphatic rings. The van der Waals surface area contributed by atoms with E-state index < -0.39 is 10.0 Å². The highest BCUT2D eigenvalue weighted by Gasteiger charge is 2.54. The SMILES string of the molecule is NS(=O)(=O)c1cccnc1C1=CCC2(CC2)C1c1cccc(F)c1. The number of sulfonamides is 1. The number of allylic oxidation sites excluding steroid dienone is 2. The van der Waals surface area contributed by atoms with Crippen LogP contribution in [-0.4, -0.2) is 13.4 Å². The maximum atomic E-state index is 13.7. The number of nitrogens with two attached hydrogens (primary N) is 1. The Morgan fingerprint density at radius 1 is 1.21 bits per heavy atom. The number of pyridine rings is 1. The molecule has 0 aliphatic heterocycles. The molecule has 1 unspecified atom stereocenters. The highest BCUT2D eigenvalue weighted by atomic mass is 32.2. The van der Waals surface area contributed by atoms with Gasteiger partial charge in [0.1, 0.15) is 10.7 Å². The number of nitrogens with zero attached hydrogens (tertiary/aromatic N) is 1. The lowest BCUT2D eigenvalue weighted by molar-refractivity contribution is 0.495. The minimum atomic E-state index is -3.88. The number of halogens is 1. The fourth-order valence-corrected chi connectivity index (χ4v) is 4.53. The summed E-state index contributed by atoms with van der Waals surface area (Å²) in [6.07, 6.45) is 6.55. The zero-order valence-corrected chi connectivity index (χ0v) is 13.8. The third-order valence-electron chi connectivity index (χ3n) is 5.08. The highest BCUT2D eigenvalue weighted by molar-refractivity contribution is 7.89. The Bertz CT molecular complexity index is 949. The van der Waals surface area contributed by atoms with Crippen molar-refractivity contribution in [3.05, 3.63) is 65.7 Å². The summed E-state index contributed by atoms with van der Waals surface area (Å²) in [6, 6.07) is 9.56. The Kier molecular flexibility index (Phi) is 3.37. The molecule has 4 rings (SSSR count). The molecule has 0 radical (unpaired) electrons. The van der Waals surface area contributed by atoms with E-state index in [1.54, 1.807) is 18.3 Å². The molecule has 1 spiro atoms. The normalized spacial score (nSPS) is 21.8. The number of rotatable bonds is 3. The van der Waals surface area contributed by atoms with Crippen molar-refractivity contribution in [2.24, 2.45) is 10.6 Å². The molecule has 2 N–H and O–H groups in total. The number of aromatic nitrogens is 1. The van der Waals surface area contributed by atoms with Gasteiger partial charge in [0.05, 0.1) is 5.69 Å². The minimum Gasteiger partial charge on any atom is -0.255 e. The van der Waals surface area contributed by atoms with Crippen LogP contribution in [0.3, 0.4) is 0 Å². The Hall–Kier alpha value is -2.05. The summed E-state index contributed by atoms with van der Waals surface area (Å²) < 4.78 is 37.6. The summed E-state index contributed by atoms with van der Waals surface area (Å²) in [5.41, 5.74) is 2.15. The van der Waals surface area contributed by atoms with E-state index in [4.69, 9.17) is 5.14 Å². The molecule has 1 aromatic carbocycles. The van der Waals surface area contributed by atoms with Gasteiger partial charge in [0.25, 0.3) is 0 Å². The van der Waals surface area contributed by atoms with E-state index in [0.717, 1.165) is 30.4 Å². The highest BCUT2D eigenvalue weighted by Crippen LogP contribution is 2.66. The predicted molar refractivity (Wildman–Crippen MR) is 89.0 cm³/mol. The van der Waals surface area contributed by atoms with Crippen LogP contribution in [0.1, 0.15) is 36.4 Å². The van der Waals surface area contributed by atoms with Gasteiger partial charge >= 0.3 is 0 Å². The van der Waals surface area contributed by atoms with Gasteiger partial charge in [-0.15, -0.1) is 0 Å². The van der Waals surface area contributed by atoms with Crippen LogP contribution in [0.15, 0.2) is 53.6 Å². The van der Waals surface area contributed by atoms with E-state index >= 15 is 0 Å². The van der Waals surface area contributed by atoms with E-state index in [1.807, 2.05) is 12.1 Å². The van der Waals surface area contributed by atoms with E-state index in [-0.39, 0.29) is 22.0 Å². The van der Waals surface area contributed by atoms with Crippen molar-refractivity contribution in [3.63, 3.8) is 0 Å². The van der Waals surface area contributed by atoms with E-state index in [9.17, 15) is 12.8 Å². The molecule has 1 fully saturated rings. The Labute approximate surface area is 140 Å². The van der Waals surface area contributed by atoms with Crippen molar-refractivity contribution < 1.29 is 12.8 Å². The summed E-state index contributed by atoms with van der Waals surface area (Å²) in [7, 11) is -3.88. The van der Waals surface area contributed by atoms with Gasteiger partial charge in [-0.2, -0.15) is 0 Å². The van der Waals surface area contributed by atoms with Crippen LogP contribution in [0.5, 0.6) is 0 Å². The molecule has 0 saturated heterocycles. The second kappa shape index (κ2) is 5.22. The van der Waals surface area contributed by atoms with Crippen LogP contribution in [-0.2, 0) is 10.0 Å². The topological polar surface area (TPSA) is 73.1 Å². The largest absolute Gasteiger partial charge is 0.255 e.